The summed E-state index contributed by atoms with van der Waals surface area (Å²) in [7, 11) is -6.00. The Morgan fingerprint density at radius 2 is 0.943 bits per heavy atom. The van der Waals surface area contributed by atoms with Crippen molar-refractivity contribution in [3.63, 3.8) is 0 Å². The van der Waals surface area contributed by atoms with Crippen LogP contribution in [0.25, 0.3) is 33.6 Å². The highest BCUT2D eigenvalue weighted by Gasteiger charge is 2.31. The van der Waals surface area contributed by atoms with Crippen LogP contribution >= 0.6 is 0 Å². The van der Waals surface area contributed by atoms with Crippen LogP contribution in [0.1, 0.15) is 18.9 Å². The molecule has 0 atom stereocenters. The van der Waals surface area contributed by atoms with E-state index in [4.69, 9.17) is 4.74 Å². The lowest BCUT2D eigenvalue weighted by molar-refractivity contribution is -0.706. The van der Waals surface area contributed by atoms with Gasteiger partial charge < -0.3 is 22.0 Å². The number of aromatic nitrogens is 1. The fourth-order valence-electron chi connectivity index (χ4n) is 4.40. The van der Waals surface area contributed by atoms with E-state index in [0.29, 0.717) is 6.04 Å². The first-order valence-electron chi connectivity index (χ1n) is 11.6. The molecule has 1 aliphatic heterocycles. The molecule has 0 saturated carbocycles. The van der Waals surface area contributed by atoms with Crippen molar-refractivity contribution in [2.45, 2.75) is 18.9 Å². The zero-order chi connectivity index (χ0) is 24.7. The largest absolute Gasteiger partial charge is 0.673 e. The summed E-state index contributed by atoms with van der Waals surface area (Å²) in [5.74, 6) is 0. The van der Waals surface area contributed by atoms with E-state index < -0.39 is 7.25 Å². The Hall–Kier alpha value is -3.45. The number of hydrogen-bond donors (Lipinski definition) is 0. The Bertz CT molecular complexity index is 1150. The van der Waals surface area contributed by atoms with Crippen LogP contribution in [-0.4, -0.2) is 20.5 Å². The van der Waals surface area contributed by atoms with E-state index in [1.165, 1.54) is 33.6 Å². The molecule has 2 heterocycles. The molecular weight excluding hydrogens is 453 g/mol. The lowest BCUT2D eigenvalue weighted by Gasteiger charge is -2.23. The zero-order valence-corrected chi connectivity index (χ0v) is 19.2. The molecule has 0 unspecified atom stereocenters. The third-order valence-corrected chi connectivity index (χ3v) is 5.91. The SMILES string of the molecule is F[B-](F)(F)F.c1ccc(-c2cc(-c3ccccc3)[n+](C3CCOCC3)c(-c3ccccc3)c2)cc1. The van der Waals surface area contributed by atoms with Gasteiger partial charge in [0.05, 0.1) is 13.2 Å². The Labute approximate surface area is 202 Å². The highest BCUT2D eigenvalue weighted by atomic mass is 19.5. The van der Waals surface area contributed by atoms with E-state index in [9.17, 15) is 17.3 Å². The highest BCUT2D eigenvalue weighted by Crippen LogP contribution is 2.32. The topological polar surface area (TPSA) is 13.1 Å². The number of nitrogens with zero attached hydrogens (tertiary/aromatic N) is 1. The van der Waals surface area contributed by atoms with Gasteiger partial charge in [-0.15, -0.1) is 0 Å². The van der Waals surface area contributed by atoms with Crippen molar-refractivity contribution in [1.29, 1.82) is 0 Å². The number of ether oxygens (including phenoxy) is 1. The molecule has 1 aromatic heterocycles. The molecule has 2 nitrogen and oxygen atoms in total. The molecule has 7 heteroatoms. The third kappa shape index (κ3) is 6.79. The van der Waals surface area contributed by atoms with E-state index in [2.05, 4.69) is 108 Å². The zero-order valence-electron chi connectivity index (χ0n) is 19.2. The molecule has 1 aliphatic rings. The van der Waals surface area contributed by atoms with Crippen LogP contribution in [0.4, 0.5) is 17.3 Å². The van der Waals surface area contributed by atoms with Gasteiger partial charge in [0.1, 0.15) is 0 Å². The van der Waals surface area contributed by atoms with Crippen LogP contribution in [0, 0.1) is 0 Å². The van der Waals surface area contributed by atoms with Gasteiger partial charge in [-0.05, 0) is 35.4 Å². The fraction of sp³-hybridized carbons (Fsp3) is 0.179. The monoisotopic (exact) mass is 479 g/mol. The van der Waals surface area contributed by atoms with Crippen molar-refractivity contribution in [2.24, 2.45) is 0 Å². The molecule has 0 amide bonds. The predicted molar refractivity (Wildman–Crippen MR) is 132 cm³/mol. The Kier molecular flexibility index (Phi) is 7.98. The van der Waals surface area contributed by atoms with Crippen molar-refractivity contribution < 1.29 is 26.6 Å². The van der Waals surface area contributed by atoms with Gasteiger partial charge in [-0.3, -0.25) is 0 Å². The summed E-state index contributed by atoms with van der Waals surface area (Å²) in [5, 5.41) is 0. The summed E-state index contributed by atoms with van der Waals surface area (Å²) < 4.78 is 47.2. The summed E-state index contributed by atoms with van der Waals surface area (Å²) >= 11 is 0. The molecule has 3 aromatic carbocycles. The van der Waals surface area contributed by atoms with E-state index in [-0.39, 0.29) is 0 Å². The van der Waals surface area contributed by atoms with Gasteiger partial charge >= 0.3 is 7.25 Å². The number of benzene rings is 3. The first-order chi connectivity index (χ1) is 16.9. The van der Waals surface area contributed by atoms with E-state index in [0.717, 1.165) is 26.1 Å². The van der Waals surface area contributed by atoms with Crippen molar-refractivity contribution in [2.75, 3.05) is 13.2 Å². The van der Waals surface area contributed by atoms with Gasteiger partial charge in [0.2, 0.25) is 11.4 Å². The lowest BCUT2D eigenvalue weighted by Crippen LogP contribution is -2.46. The van der Waals surface area contributed by atoms with E-state index >= 15 is 0 Å². The molecule has 35 heavy (non-hydrogen) atoms. The van der Waals surface area contributed by atoms with Crippen molar-refractivity contribution in [1.82, 2.24) is 0 Å². The van der Waals surface area contributed by atoms with Gasteiger partial charge in [0.25, 0.3) is 0 Å². The fourth-order valence-corrected chi connectivity index (χ4v) is 4.40. The quantitative estimate of drug-likeness (QED) is 0.167. The molecule has 0 bridgehead atoms. The average Bonchev–Trinajstić information content (AvgIpc) is 2.89. The molecule has 1 fully saturated rings. The van der Waals surface area contributed by atoms with E-state index in [1.807, 2.05) is 0 Å². The summed E-state index contributed by atoms with van der Waals surface area (Å²) in [6.45, 7) is 1.64. The van der Waals surface area contributed by atoms with Crippen LogP contribution < -0.4 is 4.57 Å². The third-order valence-electron chi connectivity index (χ3n) is 5.91. The Morgan fingerprint density at radius 1 is 0.571 bits per heavy atom. The first-order valence-corrected chi connectivity index (χ1v) is 11.6. The predicted octanol–water partition coefficient (Wildman–Crippen LogP) is 7.63. The molecule has 5 rings (SSSR count). The summed E-state index contributed by atoms with van der Waals surface area (Å²) in [6, 6.07) is 37.4. The second kappa shape index (κ2) is 11.3. The number of halogens is 4. The molecule has 0 spiro atoms. The number of pyridine rings is 1. The highest BCUT2D eigenvalue weighted by molar-refractivity contribution is 6.50. The average molecular weight is 479 g/mol. The van der Waals surface area contributed by atoms with Crippen molar-refractivity contribution >= 4 is 7.25 Å². The van der Waals surface area contributed by atoms with Crippen LogP contribution in [0.15, 0.2) is 103 Å². The van der Waals surface area contributed by atoms with E-state index in [1.54, 1.807) is 0 Å². The summed E-state index contributed by atoms with van der Waals surface area (Å²) in [4.78, 5) is 0. The maximum Gasteiger partial charge on any atom is 0.673 e. The van der Waals surface area contributed by atoms with Gasteiger partial charge in [0.15, 0.2) is 6.04 Å². The summed E-state index contributed by atoms with van der Waals surface area (Å²) in [6.07, 6.45) is 2.07. The minimum absolute atomic E-state index is 0.425. The van der Waals surface area contributed by atoms with Gasteiger partial charge in [-0.25, -0.2) is 0 Å². The molecule has 4 aromatic rings. The second-order valence-electron chi connectivity index (χ2n) is 8.32. The van der Waals surface area contributed by atoms with Crippen molar-refractivity contribution in [3.05, 3.63) is 103 Å². The Morgan fingerprint density at radius 3 is 1.34 bits per heavy atom. The second-order valence-corrected chi connectivity index (χ2v) is 8.32. The maximum atomic E-state index is 9.75. The lowest BCUT2D eigenvalue weighted by atomic mass is 9.96. The molecule has 0 radical (unpaired) electrons. The normalized spacial score (nSPS) is 14.2. The first kappa shape index (κ1) is 24.7. The summed E-state index contributed by atoms with van der Waals surface area (Å²) in [5.41, 5.74) is 7.52. The van der Waals surface area contributed by atoms with Crippen molar-refractivity contribution in [3.8, 4) is 33.6 Å². The van der Waals surface area contributed by atoms with Crippen LogP contribution in [0.3, 0.4) is 0 Å². The molecule has 1 saturated heterocycles. The Balaban J connectivity index is 0.000000527. The molecule has 0 N–H and O–H groups in total. The van der Waals surface area contributed by atoms with Gasteiger partial charge in [-0.2, -0.15) is 4.57 Å². The smallest absolute Gasteiger partial charge is 0.418 e. The van der Waals surface area contributed by atoms with Crippen LogP contribution in [0.2, 0.25) is 0 Å². The molecular formula is C28H26BF4NO. The maximum absolute atomic E-state index is 9.75. The van der Waals surface area contributed by atoms with Gasteiger partial charge in [-0.1, -0.05) is 66.7 Å². The number of rotatable bonds is 4. The minimum Gasteiger partial charge on any atom is -0.418 e. The minimum atomic E-state index is -6.00. The van der Waals surface area contributed by atoms with Crippen LogP contribution in [-0.2, 0) is 4.74 Å². The molecule has 180 valence electrons. The molecule has 0 aliphatic carbocycles. The number of hydrogen-bond acceptors (Lipinski definition) is 1. The standard InChI is InChI=1S/C28H26NO.BF4/c1-4-10-22(11-5-1)25-20-27(23-12-6-2-7-13-23)29(26-16-18-30-19-17-26)28(21-25)24-14-8-3-9-15-24;2-1(3,4)5/h1-15,20-21,26H,16-19H2;/q+1;-1. The van der Waals surface area contributed by atoms with Gasteiger partial charge in [0, 0.05) is 36.1 Å². The van der Waals surface area contributed by atoms with Crippen LogP contribution in [0.5, 0.6) is 0 Å².